The summed E-state index contributed by atoms with van der Waals surface area (Å²) in [5.41, 5.74) is 4.96. The second-order valence-electron chi connectivity index (χ2n) is 6.48. The lowest BCUT2D eigenvalue weighted by Gasteiger charge is -2.16. The van der Waals surface area contributed by atoms with Crippen molar-refractivity contribution in [2.45, 2.75) is 11.7 Å². The summed E-state index contributed by atoms with van der Waals surface area (Å²) < 4.78 is 0. The minimum Gasteiger partial charge on any atom is -0.263 e. The largest absolute Gasteiger partial charge is 0.263 e. The second-order valence-corrected chi connectivity index (χ2v) is 6.48. The highest BCUT2D eigenvalue weighted by Crippen LogP contribution is 2.56. The summed E-state index contributed by atoms with van der Waals surface area (Å²) in [4.78, 5) is 7.65. The third kappa shape index (κ3) is 1.90. The van der Waals surface area contributed by atoms with Crippen LogP contribution in [0.1, 0.15) is 22.9 Å². The van der Waals surface area contributed by atoms with E-state index in [2.05, 4.69) is 95.9 Å². The number of hydrogen-bond acceptors (Lipinski definition) is 2. The molecule has 0 bridgehead atoms. The zero-order chi connectivity index (χ0) is 16.0. The van der Waals surface area contributed by atoms with Gasteiger partial charge in [0.2, 0.25) is 0 Å². The van der Waals surface area contributed by atoms with Crippen LogP contribution in [0.3, 0.4) is 0 Å². The van der Waals surface area contributed by atoms with Gasteiger partial charge in [0.25, 0.3) is 0 Å². The van der Waals surface area contributed by atoms with Crippen molar-refractivity contribution in [3.63, 3.8) is 0 Å². The zero-order valence-electron chi connectivity index (χ0n) is 13.3. The van der Waals surface area contributed by atoms with Crippen molar-refractivity contribution < 1.29 is 0 Å². The molecule has 3 aromatic rings. The van der Waals surface area contributed by atoms with E-state index in [0.29, 0.717) is 0 Å². The quantitative estimate of drug-likeness (QED) is 0.655. The van der Waals surface area contributed by atoms with Crippen LogP contribution in [0.15, 0.2) is 96.0 Å². The average molecular weight is 310 g/mol. The minimum atomic E-state index is -0.0663. The summed E-state index contributed by atoms with van der Waals surface area (Å²) in [6, 6.07) is 32.0. The van der Waals surface area contributed by atoms with E-state index < -0.39 is 0 Å². The van der Waals surface area contributed by atoms with Gasteiger partial charge in [-0.05, 0) is 16.7 Å². The third-order valence-electron chi connectivity index (χ3n) is 5.12. The van der Waals surface area contributed by atoms with Gasteiger partial charge in [-0.1, -0.05) is 91.0 Å². The topological polar surface area (TPSA) is 15.4 Å². The van der Waals surface area contributed by atoms with Crippen molar-refractivity contribution in [1.29, 1.82) is 0 Å². The fraction of sp³-hybridized carbons (Fsp3) is 0.136. The van der Waals surface area contributed by atoms with Crippen molar-refractivity contribution in [1.82, 2.24) is 4.90 Å². The molecule has 0 aliphatic carbocycles. The van der Waals surface area contributed by atoms with Crippen LogP contribution in [0.5, 0.6) is 0 Å². The third-order valence-corrected chi connectivity index (χ3v) is 5.12. The monoisotopic (exact) mass is 310 g/mol. The highest BCUT2D eigenvalue weighted by atomic mass is 15.5. The summed E-state index contributed by atoms with van der Waals surface area (Å²) in [6.45, 7) is 1.03. The molecule has 0 aromatic heterocycles. The maximum Gasteiger partial charge on any atom is 0.129 e. The summed E-state index contributed by atoms with van der Waals surface area (Å²) in [6.07, 6.45) is 0.113. The smallest absolute Gasteiger partial charge is 0.129 e. The number of hydrogen-bond donors (Lipinski definition) is 0. The lowest BCUT2D eigenvalue weighted by Crippen LogP contribution is -2.23. The summed E-state index contributed by atoms with van der Waals surface area (Å²) in [5.74, 6) is 0. The standard InChI is InChI=1S/C22H18N2/c1-4-10-17(11-5-1)20-22(19-14-8-3-9-15-19)16-24(22)21(23-20)18-12-6-2-7-13-18/h1-15,21H,16H2/t21-,22-,24?/m1/s1. The predicted octanol–water partition coefficient (Wildman–Crippen LogP) is 4.40. The van der Waals surface area contributed by atoms with Crippen molar-refractivity contribution in [3.8, 4) is 0 Å². The lowest BCUT2D eigenvalue weighted by atomic mass is 9.90. The molecular formula is C22H18N2. The molecule has 116 valence electrons. The van der Waals surface area contributed by atoms with Crippen LogP contribution in [0, 0.1) is 0 Å². The maximum absolute atomic E-state index is 5.15. The Bertz CT molecular complexity index is 887. The van der Waals surface area contributed by atoms with Crippen molar-refractivity contribution in [2.24, 2.45) is 4.99 Å². The Hall–Kier alpha value is -2.71. The van der Waals surface area contributed by atoms with E-state index in [1.807, 2.05) is 0 Å². The number of rotatable bonds is 3. The lowest BCUT2D eigenvalue weighted by molar-refractivity contribution is 0.401. The molecule has 2 heteroatoms. The molecule has 2 nitrogen and oxygen atoms in total. The van der Waals surface area contributed by atoms with Gasteiger partial charge in [-0.15, -0.1) is 0 Å². The van der Waals surface area contributed by atoms with Crippen LogP contribution in [-0.2, 0) is 5.54 Å². The Morgan fingerprint density at radius 3 is 2.00 bits per heavy atom. The van der Waals surface area contributed by atoms with E-state index in [1.54, 1.807) is 0 Å². The van der Waals surface area contributed by atoms with E-state index in [9.17, 15) is 0 Å². The molecule has 0 amide bonds. The Labute approximate surface area is 142 Å². The van der Waals surface area contributed by atoms with Crippen molar-refractivity contribution in [2.75, 3.05) is 6.54 Å². The first-order valence-corrected chi connectivity index (χ1v) is 8.40. The molecule has 1 unspecified atom stereocenters. The average Bonchev–Trinajstić information content (AvgIpc) is 3.33. The summed E-state index contributed by atoms with van der Waals surface area (Å²) in [7, 11) is 0. The van der Waals surface area contributed by atoms with Crippen LogP contribution in [0.25, 0.3) is 0 Å². The number of fused-ring (bicyclic) bond motifs is 1. The van der Waals surface area contributed by atoms with Gasteiger partial charge in [0, 0.05) is 6.54 Å². The van der Waals surface area contributed by atoms with Gasteiger partial charge < -0.3 is 0 Å². The van der Waals surface area contributed by atoms with E-state index in [4.69, 9.17) is 4.99 Å². The normalized spacial score (nSPS) is 27.4. The zero-order valence-corrected chi connectivity index (χ0v) is 13.3. The van der Waals surface area contributed by atoms with Gasteiger partial charge in [-0.3, -0.25) is 9.89 Å². The molecule has 0 radical (unpaired) electrons. The Morgan fingerprint density at radius 2 is 1.33 bits per heavy atom. The number of aliphatic imine (C=N–C) groups is 1. The van der Waals surface area contributed by atoms with E-state index in [0.717, 1.165) is 6.54 Å². The molecule has 2 aliphatic heterocycles. The first kappa shape index (κ1) is 13.7. The van der Waals surface area contributed by atoms with E-state index in [1.165, 1.54) is 22.4 Å². The molecule has 0 spiro atoms. The van der Waals surface area contributed by atoms with Gasteiger partial charge in [0.15, 0.2) is 0 Å². The highest BCUT2D eigenvalue weighted by Gasteiger charge is 2.64. The van der Waals surface area contributed by atoms with Crippen LogP contribution in [-0.4, -0.2) is 17.2 Å². The molecule has 0 N–H and O–H groups in total. The van der Waals surface area contributed by atoms with Crippen LogP contribution in [0.4, 0.5) is 0 Å². The Morgan fingerprint density at radius 1 is 0.750 bits per heavy atom. The molecule has 1 fully saturated rings. The molecule has 3 aromatic carbocycles. The SMILES string of the molecule is c1ccc(C2=N[C@@H](c3ccccc3)N3C[C@@]23c2ccccc2)cc1. The Kier molecular flexibility index (Phi) is 2.94. The Balaban J connectivity index is 1.66. The molecule has 1 saturated heterocycles. The minimum absolute atomic E-state index is 0.0663. The summed E-state index contributed by atoms with van der Waals surface area (Å²) >= 11 is 0. The molecule has 2 aliphatic rings. The molecule has 5 rings (SSSR count). The van der Waals surface area contributed by atoms with Gasteiger partial charge in [-0.25, -0.2) is 0 Å². The van der Waals surface area contributed by atoms with Crippen LogP contribution in [0.2, 0.25) is 0 Å². The molecule has 0 saturated carbocycles. The first-order valence-electron chi connectivity index (χ1n) is 8.40. The van der Waals surface area contributed by atoms with Crippen molar-refractivity contribution >= 4 is 5.71 Å². The van der Waals surface area contributed by atoms with Gasteiger partial charge in [0.05, 0.1) is 5.71 Å². The van der Waals surface area contributed by atoms with Gasteiger partial charge in [0.1, 0.15) is 11.7 Å². The first-order chi connectivity index (χ1) is 11.9. The van der Waals surface area contributed by atoms with Gasteiger partial charge >= 0.3 is 0 Å². The molecular weight excluding hydrogens is 292 g/mol. The van der Waals surface area contributed by atoms with Gasteiger partial charge in [-0.2, -0.15) is 0 Å². The number of nitrogens with zero attached hydrogens (tertiary/aromatic N) is 2. The molecule has 24 heavy (non-hydrogen) atoms. The molecule has 3 atom stereocenters. The van der Waals surface area contributed by atoms with Crippen LogP contribution < -0.4 is 0 Å². The van der Waals surface area contributed by atoms with Crippen molar-refractivity contribution in [3.05, 3.63) is 108 Å². The fourth-order valence-corrected chi connectivity index (χ4v) is 3.91. The second kappa shape index (κ2) is 5.15. The fourth-order valence-electron chi connectivity index (χ4n) is 3.91. The number of benzene rings is 3. The molecule has 2 heterocycles. The maximum atomic E-state index is 5.15. The van der Waals surface area contributed by atoms with Crippen LogP contribution >= 0.6 is 0 Å². The van der Waals surface area contributed by atoms with E-state index >= 15 is 0 Å². The highest BCUT2D eigenvalue weighted by molar-refractivity contribution is 6.11. The van der Waals surface area contributed by atoms with E-state index in [-0.39, 0.29) is 11.7 Å². The predicted molar refractivity (Wildman–Crippen MR) is 97.0 cm³/mol. The summed E-state index contributed by atoms with van der Waals surface area (Å²) in [5, 5.41) is 0.